The average molecular weight is 269 g/mol. The highest BCUT2D eigenvalue weighted by Crippen LogP contribution is 2.20. The van der Waals surface area contributed by atoms with Crippen LogP contribution in [0.3, 0.4) is 0 Å². The lowest BCUT2D eigenvalue weighted by Crippen LogP contribution is -2.51. The van der Waals surface area contributed by atoms with Gasteiger partial charge in [0.05, 0.1) is 11.0 Å². The fourth-order valence-electron chi connectivity index (χ4n) is 2.95. The highest BCUT2D eigenvalue weighted by Gasteiger charge is 2.31. The molecule has 0 spiro atoms. The molecule has 5 heteroatoms. The third-order valence-electron chi connectivity index (χ3n) is 4.18. The number of likely N-dealkylation sites (tertiary alicyclic amines) is 2. The summed E-state index contributed by atoms with van der Waals surface area (Å²) in [5, 5.41) is 0. The van der Waals surface area contributed by atoms with E-state index in [1.54, 1.807) is 0 Å². The number of hydrogen-bond donors (Lipinski definition) is 1. The van der Waals surface area contributed by atoms with Crippen LogP contribution in [-0.2, 0) is 4.79 Å². The lowest BCUT2D eigenvalue weighted by Gasteiger charge is -2.37. The molecule has 0 aromatic rings. The van der Waals surface area contributed by atoms with E-state index in [1.165, 1.54) is 0 Å². The van der Waals surface area contributed by atoms with Gasteiger partial charge in [-0.05, 0) is 39.2 Å². The van der Waals surface area contributed by atoms with E-state index < -0.39 is 0 Å². The zero-order valence-corrected chi connectivity index (χ0v) is 11.9. The summed E-state index contributed by atoms with van der Waals surface area (Å²) in [4.78, 5) is 17.2. The summed E-state index contributed by atoms with van der Waals surface area (Å²) in [5.41, 5.74) is 5.74. The first-order valence-electron chi connectivity index (χ1n) is 6.91. The van der Waals surface area contributed by atoms with Crippen LogP contribution in [0.2, 0.25) is 0 Å². The van der Waals surface area contributed by atoms with Crippen molar-refractivity contribution in [2.24, 2.45) is 11.7 Å². The van der Waals surface area contributed by atoms with Crippen molar-refractivity contribution in [3.8, 4) is 0 Å². The largest absolute Gasteiger partial charge is 0.393 e. The van der Waals surface area contributed by atoms with Crippen molar-refractivity contribution in [3.05, 3.63) is 0 Å². The number of hydrogen-bond acceptors (Lipinski definition) is 3. The third kappa shape index (κ3) is 3.01. The van der Waals surface area contributed by atoms with Gasteiger partial charge in [0.2, 0.25) is 5.91 Å². The molecule has 102 valence electrons. The summed E-state index contributed by atoms with van der Waals surface area (Å²) in [5.74, 6) is 0.554. The summed E-state index contributed by atoms with van der Waals surface area (Å²) >= 11 is 5.08. The van der Waals surface area contributed by atoms with Crippen molar-refractivity contribution >= 4 is 23.1 Å². The van der Waals surface area contributed by atoms with Crippen molar-refractivity contribution in [1.29, 1.82) is 0 Å². The minimum absolute atomic E-state index is 0.0275. The van der Waals surface area contributed by atoms with Gasteiger partial charge >= 0.3 is 0 Å². The molecular formula is C13H23N3OS. The summed E-state index contributed by atoms with van der Waals surface area (Å²) in [6.07, 6.45) is 4.44. The van der Waals surface area contributed by atoms with E-state index in [4.69, 9.17) is 18.0 Å². The minimum atomic E-state index is -0.0275. The molecule has 2 aliphatic rings. The number of thiocarbonyl (C=S) groups is 1. The highest BCUT2D eigenvalue weighted by atomic mass is 32.1. The summed E-state index contributed by atoms with van der Waals surface area (Å²) in [6.45, 7) is 5.70. The first-order valence-corrected chi connectivity index (χ1v) is 7.32. The molecular weight excluding hydrogens is 246 g/mol. The highest BCUT2D eigenvalue weighted by molar-refractivity contribution is 7.80. The van der Waals surface area contributed by atoms with Crippen molar-refractivity contribution in [2.75, 3.05) is 26.2 Å². The smallest absolute Gasteiger partial charge is 0.239 e. The third-order valence-corrected chi connectivity index (χ3v) is 4.51. The molecule has 2 heterocycles. The van der Waals surface area contributed by atoms with E-state index in [-0.39, 0.29) is 17.9 Å². The molecule has 0 radical (unpaired) electrons. The van der Waals surface area contributed by atoms with Crippen LogP contribution in [0.25, 0.3) is 0 Å². The van der Waals surface area contributed by atoms with Gasteiger partial charge in [-0.15, -0.1) is 0 Å². The van der Waals surface area contributed by atoms with Gasteiger partial charge in [-0.25, -0.2) is 0 Å². The van der Waals surface area contributed by atoms with E-state index in [0.29, 0.717) is 4.99 Å². The molecule has 2 unspecified atom stereocenters. The molecule has 2 atom stereocenters. The van der Waals surface area contributed by atoms with Gasteiger partial charge in [-0.3, -0.25) is 9.69 Å². The summed E-state index contributed by atoms with van der Waals surface area (Å²) in [7, 11) is 0. The van der Waals surface area contributed by atoms with Crippen molar-refractivity contribution in [2.45, 2.75) is 38.6 Å². The van der Waals surface area contributed by atoms with E-state index >= 15 is 0 Å². The molecule has 1 amide bonds. The molecule has 2 fully saturated rings. The molecule has 0 aliphatic carbocycles. The van der Waals surface area contributed by atoms with Crippen molar-refractivity contribution in [3.63, 3.8) is 0 Å². The van der Waals surface area contributed by atoms with Gasteiger partial charge in [0, 0.05) is 25.6 Å². The summed E-state index contributed by atoms with van der Waals surface area (Å²) in [6, 6.07) is -0.0275. The SMILES string of the molecule is CC(C(=O)N1CCCC1)N1CCCC(C(N)=S)C1. The van der Waals surface area contributed by atoms with E-state index in [1.807, 2.05) is 11.8 Å². The van der Waals surface area contributed by atoms with Crippen molar-refractivity contribution in [1.82, 2.24) is 9.80 Å². The number of piperidine rings is 1. The number of nitrogens with zero attached hydrogens (tertiary/aromatic N) is 2. The van der Waals surface area contributed by atoms with Crippen molar-refractivity contribution < 1.29 is 4.79 Å². The Morgan fingerprint density at radius 3 is 2.56 bits per heavy atom. The standard InChI is InChI=1S/C13H23N3OS/c1-10(13(17)15-6-2-3-7-15)16-8-4-5-11(9-16)12(14)18/h10-11H,2-9H2,1H3,(H2,14,18). The lowest BCUT2D eigenvalue weighted by molar-refractivity contribution is -0.135. The monoisotopic (exact) mass is 269 g/mol. The Bertz CT molecular complexity index is 328. The first kappa shape index (κ1) is 13.7. The van der Waals surface area contributed by atoms with Crippen LogP contribution in [0.1, 0.15) is 32.6 Å². The minimum Gasteiger partial charge on any atom is -0.393 e. The molecule has 2 saturated heterocycles. The fraction of sp³-hybridized carbons (Fsp3) is 0.846. The Hall–Kier alpha value is -0.680. The molecule has 2 aliphatic heterocycles. The van der Waals surface area contributed by atoms with E-state index in [9.17, 15) is 4.79 Å². The van der Waals surface area contributed by atoms with E-state index in [2.05, 4.69) is 4.90 Å². The topological polar surface area (TPSA) is 49.6 Å². The molecule has 2 rings (SSSR count). The van der Waals surface area contributed by atoms with Crippen LogP contribution in [0.5, 0.6) is 0 Å². The van der Waals surface area contributed by atoms with Crippen LogP contribution in [0.4, 0.5) is 0 Å². The number of carbonyl (C=O) groups excluding carboxylic acids is 1. The Kier molecular flexibility index (Phi) is 4.56. The Morgan fingerprint density at radius 2 is 1.94 bits per heavy atom. The number of rotatable bonds is 3. The molecule has 0 aromatic carbocycles. The maximum atomic E-state index is 12.3. The first-order chi connectivity index (χ1) is 8.59. The predicted molar refractivity (Wildman–Crippen MR) is 76.4 cm³/mol. The summed E-state index contributed by atoms with van der Waals surface area (Å²) < 4.78 is 0. The van der Waals surface area contributed by atoms with Gasteiger partial charge in [0.25, 0.3) is 0 Å². The molecule has 4 nitrogen and oxygen atoms in total. The van der Waals surface area contributed by atoms with Gasteiger partial charge in [0.1, 0.15) is 0 Å². The van der Waals surface area contributed by atoms with Crippen LogP contribution in [-0.4, -0.2) is 52.9 Å². The fourth-order valence-corrected chi connectivity index (χ4v) is 3.14. The Morgan fingerprint density at radius 1 is 1.28 bits per heavy atom. The maximum Gasteiger partial charge on any atom is 0.239 e. The average Bonchev–Trinajstić information content (AvgIpc) is 2.91. The Balaban J connectivity index is 1.93. The second kappa shape index (κ2) is 5.97. The molecule has 0 bridgehead atoms. The van der Waals surface area contributed by atoms with Gasteiger partial charge < -0.3 is 10.6 Å². The lowest BCUT2D eigenvalue weighted by atomic mass is 9.97. The van der Waals surface area contributed by atoms with Gasteiger partial charge in [0.15, 0.2) is 0 Å². The second-order valence-electron chi connectivity index (χ2n) is 5.44. The second-order valence-corrected chi connectivity index (χ2v) is 5.92. The van der Waals surface area contributed by atoms with Crippen LogP contribution >= 0.6 is 12.2 Å². The molecule has 0 aromatic heterocycles. The van der Waals surface area contributed by atoms with Gasteiger partial charge in [-0.1, -0.05) is 12.2 Å². The number of nitrogens with two attached hydrogens (primary N) is 1. The van der Waals surface area contributed by atoms with Crippen LogP contribution < -0.4 is 5.73 Å². The predicted octanol–water partition coefficient (Wildman–Crippen LogP) is 0.995. The maximum absolute atomic E-state index is 12.3. The number of carbonyl (C=O) groups is 1. The van der Waals surface area contributed by atoms with Crippen LogP contribution in [0.15, 0.2) is 0 Å². The normalized spacial score (nSPS) is 27.2. The van der Waals surface area contributed by atoms with Gasteiger partial charge in [-0.2, -0.15) is 0 Å². The zero-order chi connectivity index (χ0) is 13.1. The molecule has 0 saturated carbocycles. The quantitative estimate of drug-likeness (QED) is 0.777. The van der Waals surface area contributed by atoms with E-state index in [0.717, 1.165) is 51.9 Å². The number of amides is 1. The van der Waals surface area contributed by atoms with Crippen LogP contribution in [0, 0.1) is 5.92 Å². The zero-order valence-electron chi connectivity index (χ0n) is 11.1. The molecule has 2 N–H and O–H groups in total. The Labute approximate surface area is 114 Å². The molecule has 18 heavy (non-hydrogen) atoms.